The van der Waals surface area contributed by atoms with Gasteiger partial charge in [0.25, 0.3) is 0 Å². The first-order valence-electron chi connectivity index (χ1n) is 7.29. The van der Waals surface area contributed by atoms with Crippen molar-refractivity contribution in [3.63, 3.8) is 0 Å². The molecule has 1 aliphatic heterocycles. The van der Waals surface area contributed by atoms with E-state index in [2.05, 4.69) is 0 Å². The molecule has 1 aromatic rings. The van der Waals surface area contributed by atoms with Gasteiger partial charge in [0.15, 0.2) is 0 Å². The minimum absolute atomic E-state index is 0.0145. The molecule has 2 rings (SSSR count). The lowest BCUT2D eigenvalue weighted by Crippen LogP contribution is -2.40. The molecular weight excluding hydrogens is 288 g/mol. The van der Waals surface area contributed by atoms with Gasteiger partial charge < -0.3 is 10.5 Å². The Kier molecular flexibility index (Phi) is 5.24. The maximum absolute atomic E-state index is 11.6. The predicted octanol–water partition coefficient (Wildman–Crippen LogP) is 1.76. The van der Waals surface area contributed by atoms with Gasteiger partial charge in [0.2, 0.25) is 10.0 Å². The largest absolute Gasteiger partial charge is 0.493 e. The van der Waals surface area contributed by atoms with Crippen LogP contribution >= 0.6 is 0 Å². The number of nitrogens with zero attached hydrogens (tertiary/aromatic N) is 1. The molecule has 0 aliphatic carbocycles. The molecule has 0 aromatic heterocycles. The van der Waals surface area contributed by atoms with Crippen LogP contribution in [0.3, 0.4) is 0 Å². The lowest BCUT2D eigenvalue weighted by atomic mass is 10.0. The summed E-state index contributed by atoms with van der Waals surface area (Å²) in [5, 5.41) is 0. The van der Waals surface area contributed by atoms with Gasteiger partial charge in [-0.15, -0.1) is 0 Å². The Morgan fingerprint density at radius 1 is 1.38 bits per heavy atom. The standard InChI is InChI=1S/C15H24N2O3S/c1-12(16)14-5-7-15(8-6-14)20-11-13-4-3-9-17(10-13)21(2,18)19/h5-8,12-13H,3-4,9-11,16H2,1-2H3/t12-,13?/m0/s1. The third kappa shape index (κ3) is 4.69. The van der Waals surface area contributed by atoms with Gasteiger partial charge in [0.1, 0.15) is 5.75 Å². The average Bonchev–Trinajstić information content (AvgIpc) is 2.45. The summed E-state index contributed by atoms with van der Waals surface area (Å²) >= 11 is 0. The van der Waals surface area contributed by atoms with E-state index in [1.807, 2.05) is 31.2 Å². The molecule has 5 nitrogen and oxygen atoms in total. The Balaban J connectivity index is 1.88. The molecule has 6 heteroatoms. The SMILES string of the molecule is C[C@H](N)c1ccc(OCC2CCCN(S(C)(=O)=O)C2)cc1. The normalized spacial score (nSPS) is 22.0. The van der Waals surface area contributed by atoms with E-state index < -0.39 is 10.0 Å². The summed E-state index contributed by atoms with van der Waals surface area (Å²) in [5.74, 6) is 1.05. The van der Waals surface area contributed by atoms with Crippen molar-refractivity contribution >= 4 is 10.0 Å². The molecule has 1 saturated heterocycles. The molecule has 1 unspecified atom stereocenters. The molecule has 2 atom stereocenters. The quantitative estimate of drug-likeness (QED) is 0.899. The highest BCUT2D eigenvalue weighted by Crippen LogP contribution is 2.21. The van der Waals surface area contributed by atoms with E-state index in [4.69, 9.17) is 10.5 Å². The van der Waals surface area contributed by atoms with Crippen LogP contribution in [0.25, 0.3) is 0 Å². The van der Waals surface area contributed by atoms with Crippen molar-refractivity contribution < 1.29 is 13.2 Å². The zero-order valence-electron chi connectivity index (χ0n) is 12.7. The van der Waals surface area contributed by atoms with Gasteiger partial charge in [0, 0.05) is 25.0 Å². The van der Waals surface area contributed by atoms with Gasteiger partial charge in [-0.05, 0) is 37.5 Å². The first-order chi connectivity index (χ1) is 9.86. The molecule has 0 bridgehead atoms. The van der Waals surface area contributed by atoms with E-state index in [1.165, 1.54) is 6.26 Å². The van der Waals surface area contributed by atoms with Gasteiger partial charge >= 0.3 is 0 Å². The number of piperidine rings is 1. The number of ether oxygens (including phenoxy) is 1. The number of sulfonamides is 1. The van der Waals surface area contributed by atoms with Crippen LogP contribution in [0.15, 0.2) is 24.3 Å². The average molecular weight is 312 g/mol. The number of rotatable bonds is 5. The molecule has 0 spiro atoms. The maximum Gasteiger partial charge on any atom is 0.211 e. The van der Waals surface area contributed by atoms with Crippen LogP contribution in [0.1, 0.15) is 31.4 Å². The molecule has 1 fully saturated rings. The Morgan fingerprint density at radius 3 is 2.62 bits per heavy atom. The van der Waals surface area contributed by atoms with Crippen LogP contribution in [0.4, 0.5) is 0 Å². The number of hydrogen-bond acceptors (Lipinski definition) is 4. The fourth-order valence-electron chi connectivity index (χ4n) is 2.55. The van der Waals surface area contributed by atoms with E-state index in [0.717, 1.165) is 24.2 Å². The Labute approximate surface area is 127 Å². The van der Waals surface area contributed by atoms with E-state index in [0.29, 0.717) is 19.7 Å². The highest BCUT2D eigenvalue weighted by atomic mass is 32.2. The second kappa shape index (κ2) is 6.77. The fraction of sp³-hybridized carbons (Fsp3) is 0.600. The third-order valence-electron chi connectivity index (χ3n) is 3.84. The molecule has 2 N–H and O–H groups in total. The molecule has 1 heterocycles. The highest BCUT2D eigenvalue weighted by molar-refractivity contribution is 7.88. The summed E-state index contributed by atoms with van der Waals surface area (Å²) < 4.78 is 30.5. The Bertz CT molecular complexity index is 555. The van der Waals surface area contributed by atoms with Crippen LogP contribution in [-0.4, -0.2) is 38.7 Å². The summed E-state index contributed by atoms with van der Waals surface area (Å²) in [6, 6.07) is 7.76. The summed E-state index contributed by atoms with van der Waals surface area (Å²) in [5.41, 5.74) is 6.88. The monoisotopic (exact) mass is 312 g/mol. The Morgan fingerprint density at radius 2 is 2.05 bits per heavy atom. The van der Waals surface area contributed by atoms with E-state index in [-0.39, 0.29) is 12.0 Å². The van der Waals surface area contributed by atoms with Crippen LogP contribution in [0.2, 0.25) is 0 Å². The first-order valence-corrected chi connectivity index (χ1v) is 9.14. The summed E-state index contributed by atoms with van der Waals surface area (Å²) in [4.78, 5) is 0. The minimum Gasteiger partial charge on any atom is -0.493 e. The fourth-order valence-corrected chi connectivity index (χ4v) is 3.49. The van der Waals surface area contributed by atoms with Crippen molar-refractivity contribution in [1.82, 2.24) is 4.31 Å². The highest BCUT2D eigenvalue weighted by Gasteiger charge is 2.26. The number of benzene rings is 1. The van der Waals surface area contributed by atoms with E-state index in [1.54, 1.807) is 4.31 Å². The van der Waals surface area contributed by atoms with Crippen LogP contribution < -0.4 is 10.5 Å². The van der Waals surface area contributed by atoms with Gasteiger partial charge in [-0.2, -0.15) is 0 Å². The molecule has 1 aliphatic rings. The minimum atomic E-state index is -3.09. The van der Waals surface area contributed by atoms with Crippen molar-refractivity contribution in [2.24, 2.45) is 11.7 Å². The van der Waals surface area contributed by atoms with Crippen molar-refractivity contribution in [2.45, 2.75) is 25.8 Å². The summed E-state index contributed by atoms with van der Waals surface area (Å²) in [6.45, 7) is 3.66. The molecule has 0 radical (unpaired) electrons. The van der Waals surface area contributed by atoms with Crippen molar-refractivity contribution in [2.75, 3.05) is 26.0 Å². The van der Waals surface area contributed by atoms with Gasteiger partial charge in [-0.3, -0.25) is 0 Å². The van der Waals surface area contributed by atoms with E-state index in [9.17, 15) is 8.42 Å². The lowest BCUT2D eigenvalue weighted by molar-refractivity contribution is 0.180. The van der Waals surface area contributed by atoms with Crippen molar-refractivity contribution in [3.8, 4) is 5.75 Å². The second-order valence-corrected chi connectivity index (χ2v) is 7.78. The summed E-state index contributed by atoms with van der Waals surface area (Å²) in [6.07, 6.45) is 3.16. The topological polar surface area (TPSA) is 72.6 Å². The number of nitrogens with two attached hydrogens (primary N) is 1. The van der Waals surface area contributed by atoms with Crippen molar-refractivity contribution in [1.29, 1.82) is 0 Å². The first kappa shape index (κ1) is 16.3. The smallest absolute Gasteiger partial charge is 0.211 e. The van der Waals surface area contributed by atoms with Crippen molar-refractivity contribution in [3.05, 3.63) is 29.8 Å². The lowest BCUT2D eigenvalue weighted by Gasteiger charge is -2.30. The molecule has 21 heavy (non-hydrogen) atoms. The molecule has 118 valence electrons. The number of hydrogen-bond donors (Lipinski definition) is 1. The van der Waals surface area contributed by atoms with Gasteiger partial charge in [-0.1, -0.05) is 12.1 Å². The van der Waals surface area contributed by atoms with Crippen LogP contribution in [0.5, 0.6) is 5.75 Å². The molecule has 1 aromatic carbocycles. The van der Waals surface area contributed by atoms with Crippen LogP contribution in [0, 0.1) is 5.92 Å². The molecule has 0 saturated carbocycles. The van der Waals surface area contributed by atoms with Crippen LogP contribution in [-0.2, 0) is 10.0 Å². The second-order valence-electron chi connectivity index (χ2n) is 5.80. The van der Waals surface area contributed by atoms with Gasteiger partial charge in [-0.25, -0.2) is 12.7 Å². The molecular formula is C15H24N2O3S. The zero-order valence-corrected chi connectivity index (χ0v) is 13.5. The Hall–Kier alpha value is -1.11. The molecule has 0 amide bonds. The summed E-state index contributed by atoms with van der Waals surface area (Å²) in [7, 11) is -3.09. The predicted molar refractivity (Wildman–Crippen MR) is 83.7 cm³/mol. The zero-order chi connectivity index (χ0) is 15.5. The maximum atomic E-state index is 11.6. The third-order valence-corrected chi connectivity index (χ3v) is 5.11. The van der Waals surface area contributed by atoms with E-state index >= 15 is 0 Å². The van der Waals surface area contributed by atoms with Gasteiger partial charge in [0.05, 0.1) is 12.9 Å².